The molecule has 0 bridgehead atoms. The van der Waals surface area contributed by atoms with E-state index in [1.807, 2.05) is 12.1 Å². The minimum Gasteiger partial charge on any atom is -0.383 e. The Bertz CT molecular complexity index is 940. The molecule has 0 amide bonds. The normalized spacial score (nSPS) is 11.5. The molecule has 1 aromatic carbocycles. The SMILES string of the molecule is CC(C)[Si](C#Cc1c(-c2ccc(F)c(C#N)c2)ccnc1N)(C(C)C)C(C)C. The van der Waals surface area contributed by atoms with Gasteiger partial charge in [-0.15, -0.1) is 5.54 Å². The second-order valence-electron chi connectivity index (χ2n) is 8.07. The zero-order valence-electron chi connectivity index (χ0n) is 17.5. The maximum absolute atomic E-state index is 13.8. The maximum atomic E-state index is 13.8. The number of benzene rings is 1. The molecule has 1 aromatic heterocycles. The van der Waals surface area contributed by atoms with Crippen LogP contribution in [0.2, 0.25) is 16.6 Å². The Morgan fingerprint density at radius 3 is 2.18 bits per heavy atom. The number of hydrogen-bond donors (Lipinski definition) is 1. The Labute approximate surface area is 168 Å². The topological polar surface area (TPSA) is 62.7 Å². The molecule has 28 heavy (non-hydrogen) atoms. The summed E-state index contributed by atoms with van der Waals surface area (Å²) in [5.41, 5.74) is 13.5. The lowest BCUT2D eigenvalue weighted by Crippen LogP contribution is -2.43. The van der Waals surface area contributed by atoms with Gasteiger partial charge in [0.15, 0.2) is 0 Å². The van der Waals surface area contributed by atoms with Gasteiger partial charge in [0.05, 0.1) is 11.1 Å². The number of nitrogen functional groups attached to an aromatic ring is 1. The van der Waals surface area contributed by atoms with Gasteiger partial charge in [-0.2, -0.15) is 5.26 Å². The number of nitriles is 1. The number of anilines is 1. The zero-order chi connectivity index (χ0) is 21.1. The number of hydrogen-bond acceptors (Lipinski definition) is 3. The zero-order valence-corrected chi connectivity index (χ0v) is 18.5. The molecule has 0 saturated heterocycles. The Morgan fingerprint density at radius 2 is 1.64 bits per heavy atom. The molecule has 0 spiro atoms. The molecule has 0 aliphatic carbocycles. The second-order valence-corrected chi connectivity index (χ2v) is 13.7. The van der Waals surface area contributed by atoms with Gasteiger partial charge < -0.3 is 5.73 Å². The number of pyridine rings is 1. The van der Waals surface area contributed by atoms with E-state index in [9.17, 15) is 4.39 Å². The first kappa shape index (κ1) is 21.7. The van der Waals surface area contributed by atoms with Crippen LogP contribution in [-0.4, -0.2) is 13.1 Å². The van der Waals surface area contributed by atoms with E-state index in [0.717, 1.165) is 5.56 Å². The fourth-order valence-electron chi connectivity index (χ4n) is 4.23. The van der Waals surface area contributed by atoms with Crippen molar-refractivity contribution in [2.75, 3.05) is 5.73 Å². The first-order valence-electron chi connectivity index (χ1n) is 9.62. The Kier molecular flexibility index (Phi) is 6.64. The predicted molar refractivity (Wildman–Crippen MR) is 117 cm³/mol. The summed E-state index contributed by atoms with van der Waals surface area (Å²) < 4.78 is 13.8. The maximum Gasteiger partial charge on any atom is 0.146 e. The van der Waals surface area contributed by atoms with Crippen LogP contribution in [0.3, 0.4) is 0 Å². The Balaban J connectivity index is 2.70. The monoisotopic (exact) mass is 393 g/mol. The fourth-order valence-corrected chi connectivity index (χ4v) is 9.44. The molecular weight excluding hydrogens is 365 g/mol. The standard InChI is InChI=1S/C23H28FN3Si/c1-15(2)28(16(3)4,17(5)6)12-10-21-20(9-11-27-23(21)26)18-7-8-22(24)19(13-18)14-25/h7-9,11,13,15-17H,1-6H3,(H2,26,27). The van der Waals surface area contributed by atoms with Crippen molar-refractivity contribution < 1.29 is 4.39 Å². The van der Waals surface area contributed by atoms with Gasteiger partial charge in [0.1, 0.15) is 25.8 Å². The van der Waals surface area contributed by atoms with Gasteiger partial charge in [-0.1, -0.05) is 53.5 Å². The van der Waals surface area contributed by atoms with Gasteiger partial charge in [-0.05, 0) is 40.4 Å². The molecule has 3 nitrogen and oxygen atoms in total. The van der Waals surface area contributed by atoms with Gasteiger partial charge in [0, 0.05) is 11.8 Å². The molecule has 2 rings (SSSR count). The summed E-state index contributed by atoms with van der Waals surface area (Å²) >= 11 is 0. The van der Waals surface area contributed by atoms with Crippen molar-refractivity contribution in [3.8, 4) is 28.7 Å². The fraction of sp³-hybridized carbons (Fsp3) is 0.391. The average molecular weight is 394 g/mol. The second kappa shape index (κ2) is 8.58. The third kappa shape index (κ3) is 3.95. The van der Waals surface area contributed by atoms with Crippen molar-refractivity contribution >= 4 is 13.9 Å². The van der Waals surface area contributed by atoms with Crippen LogP contribution in [0.4, 0.5) is 10.2 Å². The van der Waals surface area contributed by atoms with E-state index < -0.39 is 13.9 Å². The van der Waals surface area contributed by atoms with E-state index in [-0.39, 0.29) is 5.56 Å². The van der Waals surface area contributed by atoms with Crippen LogP contribution in [0.15, 0.2) is 30.5 Å². The van der Waals surface area contributed by atoms with Crippen molar-refractivity contribution in [2.45, 2.75) is 58.2 Å². The van der Waals surface area contributed by atoms with Gasteiger partial charge >= 0.3 is 0 Å². The van der Waals surface area contributed by atoms with Crippen LogP contribution in [0.5, 0.6) is 0 Å². The molecule has 0 saturated carbocycles. The Morgan fingerprint density at radius 1 is 1.04 bits per heavy atom. The van der Waals surface area contributed by atoms with Crippen LogP contribution in [0.1, 0.15) is 52.7 Å². The van der Waals surface area contributed by atoms with Gasteiger partial charge in [0.25, 0.3) is 0 Å². The lowest BCUT2D eigenvalue weighted by atomic mass is 9.99. The van der Waals surface area contributed by atoms with E-state index in [1.54, 1.807) is 12.3 Å². The van der Waals surface area contributed by atoms with E-state index in [2.05, 4.69) is 58.0 Å². The molecule has 5 heteroatoms. The van der Waals surface area contributed by atoms with E-state index in [1.165, 1.54) is 12.1 Å². The van der Waals surface area contributed by atoms with Crippen LogP contribution >= 0.6 is 0 Å². The van der Waals surface area contributed by atoms with Crippen LogP contribution in [-0.2, 0) is 0 Å². The molecule has 0 aliphatic heterocycles. The molecule has 0 unspecified atom stereocenters. The summed E-state index contributed by atoms with van der Waals surface area (Å²) in [6.07, 6.45) is 1.61. The first-order valence-corrected chi connectivity index (χ1v) is 11.9. The minimum absolute atomic E-state index is 0.00190. The van der Waals surface area contributed by atoms with Crippen molar-refractivity contribution in [1.82, 2.24) is 4.98 Å². The molecule has 0 fully saturated rings. The summed E-state index contributed by atoms with van der Waals surface area (Å²) in [5, 5.41) is 9.16. The highest BCUT2D eigenvalue weighted by Gasteiger charge is 2.41. The average Bonchev–Trinajstić information content (AvgIpc) is 2.62. The number of nitrogens with two attached hydrogens (primary N) is 1. The molecule has 146 valence electrons. The third-order valence-electron chi connectivity index (χ3n) is 5.65. The quantitative estimate of drug-likeness (QED) is 0.519. The first-order chi connectivity index (χ1) is 13.1. The largest absolute Gasteiger partial charge is 0.383 e. The Hall–Kier alpha value is -2.63. The summed E-state index contributed by atoms with van der Waals surface area (Å²) in [6, 6.07) is 8.19. The van der Waals surface area contributed by atoms with Gasteiger partial charge in [0.2, 0.25) is 0 Å². The predicted octanol–water partition coefficient (Wildman–Crippen LogP) is 5.91. The smallest absolute Gasteiger partial charge is 0.146 e. The summed E-state index contributed by atoms with van der Waals surface area (Å²) in [6.45, 7) is 13.5. The number of halogens is 1. The summed E-state index contributed by atoms with van der Waals surface area (Å²) in [5.74, 6) is 3.18. The lowest BCUT2D eigenvalue weighted by Gasteiger charge is -2.38. The van der Waals surface area contributed by atoms with Gasteiger partial charge in [-0.25, -0.2) is 9.37 Å². The highest BCUT2D eigenvalue weighted by atomic mass is 28.3. The van der Waals surface area contributed by atoms with Crippen LogP contribution in [0, 0.1) is 28.6 Å². The van der Waals surface area contributed by atoms with Crippen molar-refractivity contribution in [3.05, 3.63) is 47.4 Å². The minimum atomic E-state index is -1.94. The van der Waals surface area contributed by atoms with Crippen LogP contribution in [0.25, 0.3) is 11.1 Å². The highest BCUT2D eigenvalue weighted by Crippen LogP contribution is 2.41. The molecule has 0 atom stereocenters. The molecule has 2 aromatic rings. The highest BCUT2D eigenvalue weighted by molar-refractivity contribution is 6.90. The van der Waals surface area contributed by atoms with E-state index in [4.69, 9.17) is 11.0 Å². The van der Waals surface area contributed by atoms with E-state index in [0.29, 0.717) is 33.6 Å². The number of nitrogens with zero attached hydrogens (tertiary/aromatic N) is 2. The number of rotatable bonds is 4. The third-order valence-corrected chi connectivity index (χ3v) is 11.9. The van der Waals surface area contributed by atoms with E-state index >= 15 is 0 Å². The summed E-state index contributed by atoms with van der Waals surface area (Å²) in [4.78, 5) is 4.21. The van der Waals surface area contributed by atoms with Crippen molar-refractivity contribution in [2.24, 2.45) is 0 Å². The molecule has 2 N–H and O–H groups in total. The lowest BCUT2D eigenvalue weighted by molar-refractivity contribution is 0.624. The molecule has 1 heterocycles. The van der Waals surface area contributed by atoms with Crippen molar-refractivity contribution in [1.29, 1.82) is 5.26 Å². The molecule has 0 radical (unpaired) electrons. The summed E-state index contributed by atoms with van der Waals surface area (Å²) in [7, 11) is -1.94. The molecule has 0 aliphatic rings. The van der Waals surface area contributed by atoms with Crippen molar-refractivity contribution in [3.63, 3.8) is 0 Å². The molecular formula is C23H28FN3Si. The van der Waals surface area contributed by atoms with Gasteiger partial charge in [-0.3, -0.25) is 0 Å². The van der Waals surface area contributed by atoms with Crippen LogP contribution < -0.4 is 5.73 Å². The number of aromatic nitrogens is 1.